The number of hydrogen-bond donors (Lipinski definition) is 2. The lowest BCUT2D eigenvalue weighted by atomic mass is 9.84. The number of carbonyl (C=O) groups is 1. The number of nitrogens with one attached hydrogen (secondary N) is 1. The fourth-order valence-corrected chi connectivity index (χ4v) is 4.64. The molecule has 0 saturated carbocycles. The summed E-state index contributed by atoms with van der Waals surface area (Å²) in [6.07, 6.45) is 0.140. The zero-order chi connectivity index (χ0) is 28.2. The third-order valence-electron chi connectivity index (χ3n) is 6.46. The van der Waals surface area contributed by atoms with E-state index in [1.54, 1.807) is 26.8 Å². The van der Waals surface area contributed by atoms with Crippen LogP contribution in [0.15, 0.2) is 78.9 Å². The van der Waals surface area contributed by atoms with E-state index in [0.717, 1.165) is 50.2 Å². The first-order valence-corrected chi connectivity index (χ1v) is 13.2. The van der Waals surface area contributed by atoms with E-state index in [4.69, 9.17) is 9.84 Å². The van der Waals surface area contributed by atoms with Crippen molar-refractivity contribution in [3.05, 3.63) is 112 Å². The van der Waals surface area contributed by atoms with Crippen LogP contribution in [-0.4, -0.2) is 16.7 Å². The first-order chi connectivity index (χ1) is 18.5. The van der Waals surface area contributed by atoms with E-state index in [2.05, 4.69) is 5.32 Å². The van der Waals surface area contributed by atoms with Gasteiger partial charge in [0.15, 0.2) is 0 Å². The molecule has 0 spiro atoms. The SMILES string of the molecule is CC(C)(C)O.Cc1ccc(-c2cc3c(c(C)c2CC(=O)OCc2ccccc2)NCc2cccc(F)c2-3)cc1. The topological polar surface area (TPSA) is 58.6 Å². The van der Waals surface area contributed by atoms with E-state index in [1.807, 2.05) is 80.6 Å². The van der Waals surface area contributed by atoms with Crippen LogP contribution in [0.3, 0.4) is 0 Å². The van der Waals surface area contributed by atoms with Crippen molar-refractivity contribution in [3.8, 4) is 22.3 Å². The lowest BCUT2D eigenvalue weighted by Crippen LogP contribution is -2.15. The Kier molecular flexibility index (Phi) is 8.51. The third-order valence-corrected chi connectivity index (χ3v) is 6.46. The van der Waals surface area contributed by atoms with Crippen LogP contribution in [0, 0.1) is 19.7 Å². The van der Waals surface area contributed by atoms with Gasteiger partial charge in [0.05, 0.1) is 12.0 Å². The Bertz CT molecular complexity index is 1450. The molecule has 0 bridgehead atoms. The second kappa shape index (κ2) is 11.8. The maximum atomic E-state index is 14.9. The average Bonchev–Trinajstić information content (AvgIpc) is 2.89. The maximum Gasteiger partial charge on any atom is 0.310 e. The van der Waals surface area contributed by atoms with Gasteiger partial charge in [0.25, 0.3) is 0 Å². The molecule has 0 aliphatic carbocycles. The lowest BCUT2D eigenvalue weighted by Gasteiger charge is -2.27. The van der Waals surface area contributed by atoms with E-state index in [0.29, 0.717) is 12.1 Å². The molecule has 202 valence electrons. The van der Waals surface area contributed by atoms with Crippen LogP contribution in [0.25, 0.3) is 22.3 Å². The number of aliphatic hydroxyl groups is 1. The van der Waals surface area contributed by atoms with Gasteiger partial charge < -0.3 is 15.2 Å². The number of anilines is 1. The monoisotopic (exact) mass is 525 g/mol. The van der Waals surface area contributed by atoms with E-state index < -0.39 is 5.60 Å². The van der Waals surface area contributed by atoms with Crippen LogP contribution in [0.4, 0.5) is 10.1 Å². The van der Waals surface area contributed by atoms with Crippen LogP contribution < -0.4 is 5.32 Å². The Balaban J connectivity index is 0.000000648. The summed E-state index contributed by atoms with van der Waals surface area (Å²) in [4.78, 5) is 12.9. The van der Waals surface area contributed by atoms with E-state index in [-0.39, 0.29) is 24.8 Å². The molecule has 4 nitrogen and oxygen atoms in total. The van der Waals surface area contributed by atoms with Crippen molar-refractivity contribution >= 4 is 11.7 Å². The predicted molar refractivity (Wildman–Crippen MR) is 156 cm³/mol. The van der Waals surface area contributed by atoms with Gasteiger partial charge in [-0.15, -0.1) is 0 Å². The Morgan fingerprint density at radius 3 is 2.28 bits per heavy atom. The zero-order valence-corrected chi connectivity index (χ0v) is 23.3. The van der Waals surface area contributed by atoms with Crippen molar-refractivity contribution in [2.75, 3.05) is 5.32 Å². The summed E-state index contributed by atoms with van der Waals surface area (Å²) in [6, 6.07) is 25.1. The molecule has 4 aromatic rings. The zero-order valence-electron chi connectivity index (χ0n) is 23.3. The number of benzene rings is 4. The molecule has 0 aromatic heterocycles. The van der Waals surface area contributed by atoms with E-state index in [1.165, 1.54) is 6.07 Å². The van der Waals surface area contributed by atoms with E-state index >= 15 is 0 Å². The van der Waals surface area contributed by atoms with Crippen LogP contribution in [0.1, 0.15) is 48.6 Å². The van der Waals surface area contributed by atoms with Crippen molar-refractivity contribution in [3.63, 3.8) is 0 Å². The van der Waals surface area contributed by atoms with Crippen LogP contribution >= 0.6 is 0 Å². The Labute approximate surface area is 230 Å². The second-order valence-corrected chi connectivity index (χ2v) is 10.9. The largest absolute Gasteiger partial charge is 0.461 e. The standard InChI is InChI=1S/C30H26FNO2.C4H10O/c1-19-11-13-22(14-12-19)25-15-26-29-23(9-6-10-27(29)31)17-32-30(26)20(2)24(25)16-28(33)34-18-21-7-4-3-5-8-21;1-4(2,3)5/h3-15,32H,16-18H2,1-2H3;5H,1-3H3. The Morgan fingerprint density at radius 2 is 1.62 bits per heavy atom. The molecule has 1 heterocycles. The first kappa shape index (κ1) is 28.1. The van der Waals surface area contributed by atoms with E-state index in [9.17, 15) is 9.18 Å². The van der Waals surface area contributed by atoms with Crippen molar-refractivity contribution in [2.24, 2.45) is 0 Å². The molecule has 0 radical (unpaired) electrons. The summed E-state index contributed by atoms with van der Waals surface area (Å²) in [5.41, 5.74) is 8.62. The number of fused-ring (bicyclic) bond motifs is 3. The number of rotatable bonds is 5. The van der Waals surface area contributed by atoms with Gasteiger partial charge in [-0.25, -0.2) is 4.39 Å². The van der Waals surface area contributed by atoms with Crippen molar-refractivity contribution < 1.29 is 19.0 Å². The number of carbonyl (C=O) groups excluding carboxylic acids is 1. The normalized spacial score (nSPS) is 11.9. The molecule has 0 amide bonds. The summed E-state index contributed by atoms with van der Waals surface area (Å²) in [6.45, 7) is 10.0. The van der Waals surface area contributed by atoms with Gasteiger partial charge in [0, 0.05) is 23.4 Å². The number of esters is 1. The average molecular weight is 526 g/mol. The first-order valence-electron chi connectivity index (χ1n) is 13.2. The number of aryl methyl sites for hydroxylation is 1. The minimum absolute atomic E-state index is 0.140. The second-order valence-electron chi connectivity index (χ2n) is 10.9. The third kappa shape index (κ3) is 7.12. The predicted octanol–water partition coefficient (Wildman–Crippen LogP) is 7.77. The number of ether oxygens (including phenoxy) is 1. The fourth-order valence-electron chi connectivity index (χ4n) is 4.64. The van der Waals surface area contributed by atoms with Crippen molar-refractivity contribution in [2.45, 2.75) is 59.8 Å². The number of halogens is 1. The smallest absolute Gasteiger partial charge is 0.310 e. The maximum absolute atomic E-state index is 14.9. The molecule has 0 unspecified atom stereocenters. The highest BCUT2D eigenvalue weighted by Gasteiger charge is 2.25. The molecule has 4 aromatic carbocycles. The fraction of sp³-hybridized carbons (Fsp3) is 0.265. The van der Waals surface area contributed by atoms with Gasteiger partial charge >= 0.3 is 5.97 Å². The number of hydrogen-bond acceptors (Lipinski definition) is 4. The van der Waals surface area contributed by atoms with Crippen LogP contribution in [0.2, 0.25) is 0 Å². The van der Waals surface area contributed by atoms with Gasteiger partial charge in [-0.05, 0) is 80.1 Å². The molecule has 0 fully saturated rings. The highest BCUT2D eigenvalue weighted by atomic mass is 19.1. The van der Waals surface area contributed by atoms with Crippen LogP contribution in [-0.2, 0) is 29.1 Å². The summed E-state index contributed by atoms with van der Waals surface area (Å²) >= 11 is 0. The van der Waals surface area contributed by atoms with Gasteiger partial charge in [-0.3, -0.25) is 4.79 Å². The molecule has 0 atom stereocenters. The molecular formula is C34H36FNO3. The summed E-state index contributed by atoms with van der Waals surface area (Å²) < 4.78 is 20.5. The van der Waals surface area contributed by atoms with Gasteiger partial charge in [0.1, 0.15) is 12.4 Å². The van der Waals surface area contributed by atoms with Crippen molar-refractivity contribution in [1.82, 2.24) is 0 Å². The minimum Gasteiger partial charge on any atom is -0.461 e. The quantitative estimate of drug-likeness (QED) is 0.261. The molecular weight excluding hydrogens is 489 g/mol. The van der Waals surface area contributed by atoms with Crippen LogP contribution in [0.5, 0.6) is 0 Å². The highest BCUT2D eigenvalue weighted by molar-refractivity contribution is 5.92. The Morgan fingerprint density at radius 1 is 0.949 bits per heavy atom. The highest BCUT2D eigenvalue weighted by Crippen LogP contribution is 2.44. The van der Waals surface area contributed by atoms with Gasteiger partial charge in [-0.2, -0.15) is 0 Å². The van der Waals surface area contributed by atoms with Gasteiger partial charge in [0.2, 0.25) is 0 Å². The molecule has 2 N–H and O–H groups in total. The van der Waals surface area contributed by atoms with Gasteiger partial charge in [-0.1, -0.05) is 72.3 Å². The summed E-state index contributed by atoms with van der Waals surface area (Å²) in [5.74, 6) is -0.521. The minimum atomic E-state index is -0.500. The lowest BCUT2D eigenvalue weighted by molar-refractivity contribution is -0.144. The Hall–Kier alpha value is -3.96. The van der Waals surface area contributed by atoms with Crippen molar-refractivity contribution in [1.29, 1.82) is 0 Å². The summed E-state index contributed by atoms with van der Waals surface area (Å²) in [5, 5.41) is 12.0. The summed E-state index contributed by atoms with van der Waals surface area (Å²) in [7, 11) is 0. The molecule has 1 aliphatic rings. The molecule has 5 rings (SSSR count). The molecule has 5 heteroatoms. The molecule has 1 aliphatic heterocycles. The molecule has 39 heavy (non-hydrogen) atoms. The molecule has 0 saturated heterocycles.